The van der Waals surface area contributed by atoms with E-state index in [0.717, 1.165) is 17.1 Å². The summed E-state index contributed by atoms with van der Waals surface area (Å²) in [6, 6.07) is 10.7. The summed E-state index contributed by atoms with van der Waals surface area (Å²) >= 11 is 0. The van der Waals surface area contributed by atoms with Gasteiger partial charge in [0, 0.05) is 30.3 Å². The van der Waals surface area contributed by atoms with E-state index in [9.17, 15) is 30.7 Å². The first-order valence-corrected chi connectivity index (χ1v) is 9.88. The molecule has 178 valence electrons. The first-order chi connectivity index (χ1) is 16.0. The Kier molecular flexibility index (Phi) is 5.96. The predicted octanol–water partition coefficient (Wildman–Crippen LogP) is 6.54. The van der Waals surface area contributed by atoms with E-state index in [2.05, 4.69) is 10.1 Å². The lowest BCUT2D eigenvalue weighted by Crippen LogP contribution is -2.43. The number of aromatic nitrogens is 1. The van der Waals surface area contributed by atoms with Crippen molar-refractivity contribution in [3.63, 3.8) is 0 Å². The van der Waals surface area contributed by atoms with Crippen molar-refractivity contribution in [1.82, 2.24) is 4.98 Å². The second-order valence-electron chi connectivity index (χ2n) is 7.49. The number of methoxy groups -OCH3 is 1. The van der Waals surface area contributed by atoms with Gasteiger partial charge in [0.05, 0.1) is 18.8 Å². The number of pyridine rings is 1. The van der Waals surface area contributed by atoms with Gasteiger partial charge in [-0.1, -0.05) is 18.2 Å². The van der Waals surface area contributed by atoms with Gasteiger partial charge in [-0.05, 0) is 35.4 Å². The Balaban J connectivity index is 1.77. The van der Waals surface area contributed by atoms with Gasteiger partial charge in [-0.25, -0.2) is 13.8 Å². The largest absolute Gasteiger partial charge is 0.481 e. The number of anilines is 1. The zero-order valence-corrected chi connectivity index (χ0v) is 17.5. The molecule has 2 heterocycles. The van der Waals surface area contributed by atoms with Crippen LogP contribution in [0.4, 0.5) is 36.4 Å². The molecule has 3 aromatic rings. The van der Waals surface area contributed by atoms with Crippen LogP contribution in [0.2, 0.25) is 0 Å². The van der Waals surface area contributed by atoms with Crippen LogP contribution in [0.15, 0.2) is 65.9 Å². The van der Waals surface area contributed by atoms with Gasteiger partial charge in [0.2, 0.25) is 5.88 Å². The molecule has 0 bridgehead atoms. The van der Waals surface area contributed by atoms with Crippen molar-refractivity contribution < 1.29 is 35.5 Å². The Morgan fingerprint density at radius 2 is 1.71 bits per heavy atom. The molecule has 4 nitrogen and oxygen atoms in total. The third-order valence-electron chi connectivity index (χ3n) is 5.34. The minimum atomic E-state index is -5.88. The van der Waals surface area contributed by atoms with Gasteiger partial charge < -0.3 is 4.74 Å². The van der Waals surface area contributed by atoms with Gasteiger partial charge in [-0.3, -0.25) is 5.01 Å². The smallest absolute Gasteiger partial charge is 0.459 e. The molecule has 4 rings (SSSR count). The van der Waals surface area contributed by atoms with Crippen molar-refractivity contribution in [2.75, 3.05) is 12.1 Å². The summed E-state index contributed by atoms with van der Waals surface area (Å²) in [4.78, 5) is 4.09. The highest BCUT2D eigenvalue weighted by Crippen LogP contribution is 2.45. The van der Waals surface area contributed by atoms with Crippen molar-refractivity contribution in [2.45, 2.75) is 24.6 Å². The molecule has 1 atom stereocenters. The van der Waals surface area contributed by atoms with Crippen molar-refractivity contribution in [2.24, 2.45) is 5.10 Å². The standard InChI is InChI=1S/C23H16F7N3O/c1-34-21-8-5-15(12-31-21)13-3-2-4-14(9-13)19-11-20(22(26,27)23(28,29)30)32-33(19)18-7-6-16(24)10-17(18)25/h2-10,12,19H,11H2,1H3. The second-order valence-corrected chi connectivity index (χ2v) is 7.49. The van der Waals surface area contributed by atoms with Crippen LogP contribution in [0, 0.1) is 11.6 Å². The molecule has 2 aromatic carbocycles. The normalized spacial score (nSPS) is 16.5. The van der Waals surface area contributed by atoms with Crippen LogP contribution in [0.3, 0.4) is 0 Å². The average Bonchev–Trinajstić information content (AvgIpc) is 3.24. The summed E-state index contributed by atoms with van der Waals surface area (Å²) in [5.41, 5.74) is -0.389. The van der Waals surface area contributed by atoms with Crippen LogP contribution in [0.25, 0.3) is 11.1 Å². The van der Waals surface area contributed by atoms with Crippen molar-refractivity contribution in [3.05, 3.63) is 78.0 Å². The zero-order valence-electron chi connectivity index (χ0n) is 17.5. The van der Waals surface area contributed by atoms with Crippen molar-refractivity contribution in [1.29, 1.82) is 0 Å². The second kappa shape index (κ2) is 8.62. The molecular weight excluding hydrogens is 467 g/mol. The van der Waals surface area contributed by atoms with Crippen LogP contribution < -0.4 is 9.75 Å². The number of hydrogen-bond acceptors (Lipinski definition) is 4. The Morgan fingerprint density at radius 3 is 2.32 bits per heavy atom. The van der Waals surface area contributed by atoms with Crippen LogP contribution in [0.1, 0.15) is 18.0 Å². The molecule has 1 aliphatic heterocycles. The van der Waals surface area contributed by atoms with E-state index in [1.165, 1.54) is 19.4 Å². The quantitative estimate of drug-likeness (QED) is 0.387. The van der Waals surface area contributed by atoms with E-state index in [0.29, 0.717) is 28.6 Å². The maximum Gasteiger partial charge on any atom is 0.459 e. The van der Waals surface area contributed by atoms with Crippen LogP contribution >= 0.6 is 0 Å². The zero-order chi connectivity index (χ0) is 24.7. The highest BCUT2D eigenvalue weighted by atomic mass is 19.4. The molecule has 0 saturated carbocycles. The maximum atomic E-state index is 14.5. The Labute approximate surface area is 189 Å². The molecule has 0 spiro atoms. The Bertz CT molecular complexity index is 1230. The molecule has 1 aliphatic rings. The lowest BCUT2D eigenvalue weighted by molar-refractivity contribution is -0.249. The van der Waals surface area contributed by atoms with Crippen LogP contribution in [-0.2, 0) is 0 Å². The summed E-state index contributed by atoms with van der Waals surface area (Å²) in [7, 11) is 1.44. The monoisotopic (exact) mass is 483 g/mol. The van der Waals surface area contributed by atoms with Crippen molar-refractivity contribution in [3.8, 4) is 17.0 Å². The average molecular weight is 483 g/mol. The molecule has 1 aromatic heterocycles. The highest BCUT2D eigenvalue weighted by molar-refractivity contribution is 5.95. The molecule has 0 aliphatic carbocycles. The van der Waals surface area contributed by atoms with Crippen molar-refractivity contribution >= 4 is 11.4 Å². The van der Waals surface area contributed by atoms with E-state index in [-0.39, 0.29) is 0 Å². The first kappa shape index (κ1) is 23.5. The number of alkyl halides is 5. The third-order valence-corrected chi connectivity index (χ3v) is 5.34. The SMILES string of the molecule is COc1ccc(-c2cccc(C3CC(C(F)(F)C(F)(F)F)=NN3c3ccc(F)cc3F)c2)cn1. The summed E-state index contributed by atoms with van der Waals surface area (Å²) in [6.07, 6.45) is -5.21. The maximum absolute atomic E-state index is 14.5. The first-order valence-electron chi connectivity index (χ1n) is 9.88. The number of nitrogens with zero attached hydrogens (tertiary/aromatic N) is 3. The van der Waals surface area contributed by atoms with E-state index < -0.39 is 47.6 Å². The fourth-order valence-electron chi connectivity index (χ4n) is 3.61. The predicted molar refractivity (Wildman–Crippen MR) is 111 cm³/mol. The minimum Gasteiger partial charge on any atom is -0.481 e. The number of halogens is 7. The molecule has 34 heavy (non-hydrogen) atoms. The van der Waals surface area contributed by atoms with E-state index in [1.807, 2.05) is 0 Å². The van der Waals surface area contributed by atoms with E-state index in [1.54, 1.807) is 30.3 Å². The number of hydrogen-bond donors (Lipinski definition) is 0. The summed E-state index contributed by atoms with van der Waals surface area (Å²) in [6.45, 7) is 0. The molecule has 11 heteroatoms. The summed E-state index contributed by atoms with van der Waals surface area (Å²) < 4.78 is 100. The molecule has 0 fully saturated rings. The van der Waals surface area contributed by atoms with Gasteiger partial charge in [0.1, 0.15) is 11.5 Å². The molecule has 0 saturated heterocycles. The number of benzene rings is 2. The number of ether oxygens (including phenoxy) is 1. The molecular formula is C23H16F7N3O. The van der Waals surface area contributed by atoms with Gasteiger partial charge in [0.25, 0.3) is 0 Å². The fraction of sp³-hybridized carbons (Fsp3) is 0.217. The van der Waals surface area contributed by atoms with Crippen LogP contribution in [0.5, 0.6) is 5.88 Å². The van der Waals surface area contributed by atoms with E-state index in [4.69, 9.17) is 4.74 Å². The highest BCUT2D eigenvalue weighted by Gasteiger charge is 2.63. The molecule has 0 N–H and O–H groups in total. The molecule has 0 radical (unpaired) electrons. The topological polar surface area (TPSA) is 37.7 Å². The summed E-state index contributed by atoms with van der Waals surface area (Å²) in [5.74, 6) is -6.95. The molecule has 0 amide bonds. The molecule has 1 unspecified atom stereocenters. The Morgan fingerprint density at radius 1 is 0.941 bits per heavy atom. The van der Waals surface area contributed by atoms with E-state index >= 15 is 0 Å². The lowest BCUT2D eigenvalue weighted by Gasteiger charge is -2.25. The van der Waals surface area contributed by atoms with Gasteiger partial charge in [-0.15, -0.1) is 0 Å². The summed E-state index contributed by atoms with van der Waals surface area (Å²) in [5, 5.41) is 4.19. The minimum absolute atomic E-state index is 0.300. The van der Waals surface area contributed by atoms with Gasteiger partial charge >= 0.3 is 12.1 Å². The van der Waals surface area contributed by atoms with Crippen LogP contribution in [-0.4, -0.2) is 29.9 Å². The lowest BCUT2D eigenvalue weighted by atomic mass is 9.95. The fourth-order valence-corrected chi connectivity index (χ4v) is 3.61. The van der Waals surface area contributed by atoms with Gasteiger partial charge in [0.15, 0.2) is 5.82 Å². The number of rotatable bonds is 5. The third kappa shape index (κ3) is 4.29. The Hall–Kier alpha value is -3.63. The number of hydrazone groups is 1. The van der Waals surface area contributed by atoms with Gasteiger partial charge in [-0.2, -0.15) is 27.1 Å².